The lowest BCUT2D eigenvalue weighted by Crippen LogP contribution is -2.43. The molecular formula is C14H17F2NO3. The summed E-state index contributed by atoms with van der Waals surface area (Å²) in [5, 5.41) is 9.56. The fourth-order valence-corrected chi connectivity index (χ4v) is 2.78. The highest BCUT2D eigenvalue weighted by atomic mass is 19.3. The summed E-state index contributed by atoms with van der Waals surface area (Å²) in [5.74, 6) is -3.56. The van der Waals surface area contributed by atoms with E-state index in [1.54, 1.807) is 18.2 Å². The van der Waals surface area contributed by atoms with Crippen LogP contribution >= 0.6 is 0 Å². The van der Waals surface area contributed by atoms with E-state index in [0.29, 0.717) is 11.3 Å². The van der Waals surface area contributed by atoms with E-state index < -0.39 is 30.1 Å². The van der Waals surface area contributed by atoms with Crippen molar-refractivity contribution in [3.8, 4) is 5.75 Å². The summed E-state index contributed by atoms with van der Waals surface area (Å²) < 4.78 is 31.7. The molecule has 1 aromatic carbocycles. The molecule has 0 spiro atoms. The van der Waals surface area contributed by atoms with Crippen LogP contribution in [0.5, 0.6) is 5.75 Å². The Balaban J connectivity index is 2.48. The maximum absolute atomic E-state index is 13.3. The number of hydrogen-bond donors (Lipinski definition) is 2. The molecule has 0 aliphatic heterocycles. The Kier molecular flexibility index (Phi) is 3.58. The molecular weight excluding hydrogens is 268 g/mol. The van der Waals surface area contributed by atoms with Crippen LogP contribution < -0.4 is 10.5 Å². The summed E-state index contributed by atoms with van der Waals surface area (Å²) in [4.78, 5) is 11.7. The first-order chi connectivity index (χ1) is 9.32. The van der Waals surface area contributed by atoms with Crippen molar-refractivity contribution in [1.82, 2.24) is 0 Å². The maximum atomic E-state index is 13.3. The van der Waals surface area contributed by atoms with Crippen LogP contribution in [-0.4, -0.2) is 24.1 Å². The molecule has 0 atom stereocenters. The van der Waals surface area contributed by atoms with Gasteiger partial charge in [-0.15, -0.1) is 0 Å². The average molecular weight is 285 g/mol. The van der Waals surface area contributed by atoms with Crippen molar-refractivity contribution < 1.29 is 23.4 Å². The summed E-state index contributed by atoms with van der Waals surface area (Å²) in [5.41, 5.74) is 5.15. The van der Waals surface area contributed by atoms with Crippen LogP contribution in [0.2, 0.25) is 0 Å². The van der Waals surface area contributed by atoms with E-state index in [4.69, 9.17) is 10.5 Å². The molecule has 0 saturated heterocycles. The fraction of sp³-hybridized carbons (Fsp3) is 0.500. The van der Waals surface area contributed by atoms with Gasteiger partial charge in [0.05, 0.1) is 18.2 Å². The predicted octanol–water partition coefficient (Wildman–Crippen LogP) is 2.81. The molecule has 1 aliphatic rings. The third kappa shape index (κ3) is 2.30. The third-order valence-corrected chi connectivity index (χ3v) is 4.05. The Morgan fingerprint density at radius 3 is 2.40 bits per heavy atom. The Hall–Kier alpha value is -1.85. The zero-order valence-corrected chi connectivity index (χ0v) is 11.2. The molecule has 6 heteroatoms. The Morgan fingerprint density at radius 2 is 1.90 bits per heavy atom. The number of methoxy groups -OCH3 is 1. The monoisotopic (exact) mass is 285 g/mol. The van der Waals surface area contributed by atoms with Gasteiger partial charge in [0.1, 0.15) is 5.75 Å². The van der Waals surface area contributed by atoms with Gasteiger partial charge in [-0.25, -0.2) is 8.78 Å². The number of aliphatic carboxylic acids is 1. The third-order valence-electron chi connectivity index (χ3n) is 4.05. The number of carbonyl (C=O) groups is 1. The summed E-state index contributed by atoms with van der Waals surface area (Å²) in [6, 6.07) is 4.82. The van der Waals surface area contributed by atoms with E-state index >= 15 is 0 Å². The Labute approximate surface area is 115 Å². The Morgan fingerprint density at radius 1 is 1.30 bits per heavy atom. The molecule has 0 unspecified atom stereocenters. The van der Waals surface area contributed by atoms with Crippen molar-refractivity contribution in [1.29, 1.82) is 0 Å². The summed E-state index contributed by atoms with van der Waals surface area (Å²) in [7, 11) is 1.43. The fourth-order valence-electron chi connectivity index (χ4n) is 2.78. The molecule has 0 heterocycles. The van der Waals surface area contributed by atoms with Gasteiger partial charge in [0.2, 0.25) is 5.92 Å². The quantitative estimate of drug-likeness (QED) is 0.838. The van der Waals surface area contributed by atoms with Gasteiger partial charge in [-0.05, 0) is 24.5 Å². The number of hydrogen-bond acceptors (Lipinski definition) is 3. The number of benzene rings is 1. The number of nitrogen functional groups attached to an aromatic ring is 1. The van der Waals surface area contributed by atoms with Crippen LogP contribution in [0, 0.1) is 0 Å². The van der Waals surface area contributed by atoms with Crippen molar-refractivity contribution in [3.63, 3.8) is 0 Å². The van der Waals surface area contributed by atoms with Crippen LogP contribution in [0.25, 0.3) is 0 Å². The SMILES string of the molecule is COc1cccc(C2(C(=O)O)CCC(F)(F)CC2)c1N. The van der Waals surface area contributed by atoms with E-state index in [9.17, 15) is 18.7 Å². The molecule has 1 saturated carbocycles. The second-order valence-electron chi connectivity index (χ2n) is 5.16. The van der Waals surface area contributed by atoms with E-state index in [1.807, 2.05) is 0 Å². The lowest BCUT2D eigenvalue weighted by Gasteiger charge is -2.37. The molecule has 4 nitrogen and oxygen atoms in total. The standard InChI is InChI=1S/C14H17F2NO3/c1-20-10-4-2-3-9(11(10)17)13(12(18)19)5-7-14(15,16)8-6-13/h2-4H,5-8,17H2,1H3,(H,18,19). The zero-order valence-electron chi connectivity index (χ0n) is 11.2. The molecule has 1 aliphatic carbocycles. The molecule has 1 aromatic rings. The first kappa shape index (κ1) is 14.6. The van der Waals surface area contributed by atoms with Gasteiger partial charge in [0.15, 0.2) is 0 Å². The van der Waals surface area contributed by atoms with Crippen LogP contribution in [0.4, 0.5) is 14.5 Å². The van der Waals surface area contributed by atoms with Crippen molar-refractivity contribution in [2.75, 3.05) is 12.8 Å². The molecule has 2 rings (SSSR count). The minimum absolute atomic E-state index is 0.132. The molecule has 1 fully saturated rings. The van der Waals surface area contributed by atoms with E-state index in [0.717, 1.165) is 0 Å². The smallest absolute Gasteiger partial charge is 0.314 e. The number of anilines is 1. The number of carboxylic acid groups (broad SMARTS) is 1. The van der Waals surface area contributed by atoms with Crippen molar-refractivity contribution in [2.24, 2.45) is 0 Å². The van der Waals surface area contributed by atoms with Crippen molar-refractivity contribution in [2.45, 2.75) is 37.0 Å². The van der Waals surface area contributed by atoms with Gasteiger partial charge in [-0.1, -0.05) is 12.1 Å². The average Bonchev–Trinajstić information content (AvgIpc) is 2.39. The molecule has 0 aromatic heterocycles. The summed E-state index contributed by atoms with van der Waals surface area (Å²) >= 11 is 0. The number of rotatable bonds is 3. The van der Waals surface area contributed by atoms with Gasteiger partial charge < -0.3 is 15.6 Å². The first-order valence-electron chi connectivity index (χ1n) is 6.36. The lowest BCUT2D eigenvalue weighted by molar-refractivity contribution is -0.149. The van der Waals surface area contributed by atoms with Gasteiger partial charge in [-0.2, -0.15) is 0 Å². The molecule has 110 valence electrons. The first-order valence-corrected chi connectivity index (χ1v) is 6.36. The second-order valence-corrected chi connectivity index (χ2v) is 5.16. The molecule has 0 amide bonds. The van der Waals surface area contributed by atoms with Crippen molar-refractivity contribution >= 4 is 11.7 Å². The van der Waals surface area contributed by atoms with Crippen molar-refractivity contribution in [3.05, 3.63) is 23.8 Å². The van der Waals surface area contributed by atoms with Crippen LogP contribution in [0.15, 0.2) is 18.2 Å². The number of carboxylic acids is 1. The van der Waals surface area contributed by atoms with Crippen LogP contribution in [0.1, 0.15) is 31.2 Å². The highest BCUT2D eigenvalue weighted by Crippen LogP contribution is 2.48. The van der Waals surface area contributed by atoms with Crippen LogP contribution in [0.3, 0.4) is 0 Å². The van der Waals surface area contributed by atoms with E-state index in [2.05, 4.69) is 0 Å². The highest BCUT2D eigenvalue weighted by Gasteiger charge is 2.50. The molecule has 3 N–H and O–H groups in total. The Bertz CT molecular complexity index is 521. The number of halogens is 2. The number of para-hydroxylation sites is 1. The molecule has 20 heavy (non-hydrogen) atoms. The van der Waals surface area contributed by atoms with Gasteiger partial charge in [0, 0.05) is 12.8 Å². The molecule has 0 radical (unpaired) electrons. The lowest BCUT2D eigenvalue weighted by atomic mass is 9.68. The normalized spacial score (nSPS) is 20.4. The predicted molar refractivity (Wildman–Crippen MR) is 70.1 cm³/mol. The van der Waals surface area contributed by atoms with Gasteiger partial charge >= 0.3 is 5.97 Å². The van der Waals surface area contributed by atoms with Gasteiger partial charge in [0.25, 0.3) is 0 Å². The summed E-state index contributed by atoms with van der Waals surface area (Å²) in [6.07, 6.45) is -1.16. The van der Waals surface area contributed by atoms with Gasteiger partial charge in [-0.3, -0.25) is 4.79 Å². The topological polar surface area (TPSA) is 72.5 Å². The number of nitrogens with two attached hydrogens (primary N) is 1. The summed E-state index contributed by atoms with van der Waals surface area (Å²) in [6.45, 7) is 0. The largest absolute Gasteiger partial charge is 0.495 e. The minimum atomic E-state index is -2.80. The number of alkyl halides is 2. The highest BCUT2D eigenvalue weighted by molar-refractivity contribution is 5.85. The molecule has 0 bridgehead atoms. The van der Waals surface area contributed by atoms with E-state index in [1.165, 1.54) is 7.11 Å². The van der Waals surface area contributed by atoms with Crippen LogP contribution in [-0.2, 0) is 10.2 Å². The van der Waals surface area contributed by atoms with E-state index in [-0.39, 0.29) is 18.5 Å². The minimum Gasteiger partial charge on any atom is -0.495 e. The zero-order chi connectivity index (χ0) is 15.0. The second kappa shape index (κ2) is 4.92. The maximum Gasteiger partial charge on any atom is 0.314 e. The number of ether oxygens (including phenoxy) is 1.